The molecule has 1 amide bonds. The fourth-order valence-corrected chi connectivity index (χ4v) is 5.17. The number of amides is 1. The Morgan fingerprint density at radius 2 is 1.48 bits per heavy atom. The number of benzene rings is 2. The molecule has 0 atom stereocenters. The quantitative estimate of drug-likeness (QED) is 0.638. The molecule has 0 saturated heterocycles. The Morgan fingerprint density at radius 3 is 2.00 bits per heavy atom. The zero-order valence-electron chi connectivity index (χ0n) is 14.8. The first kappa shape index (κ1) is 19.3. The summed E-state index contributed by atoms with van der Waals surface area (Å²) in [6, 6.07) is 21.7. The van der Waals surface area contributed by atoms with Crippen LogP contribution in [0.5, 0.6) is 0 Å². The summed E-state index contributed by atoms with van der Waals surface area (Å²) in [6.45, 7) is 1.74. The summed E-state index contributed by atoms with van der Waals surface area (Å²) in [7, 11) is -3.72. The van der Waals surface area contributed by atoms with Gasteiger partial charge in [-0.3, -0.25) is 4.79 Å². The van der Waals surface area contributed by atoms with Crippen molar-refractivity contribution in [2.24, 2.45) is 0 Å². The molecular formula is C20H20N2O3S2. The first-order chi connectivity index (χ1) is 13.0. The van der Waals surface area contributed by atoms with Gasteiger partial charge in [0, 0.05) is 11.8 Å². The third kappa shape index (κ3) is 5.03. The SMILES string of the molecule is CC(=O)NCc1ccc(S(=O)(=O)NC(c2ccccc2)c2ccccc2)s1. The van der Waals surface area contributed by atoms with Crippen LogP contribution in [0.1, 0.15) is 29.0 Å². The second kappa shape index (κ2) is 8.47. The predicted octanol–water partition coefficient (Wildman–Crippen LogP) is 3.45. The topological polar surface area (TPSA) is 75.3 Å². The fraction of sp³-hybridized carbons (Fsp3) is 0.150. The van der Waals surface area contributed by atoms with Gasteiger partial charge in [0.15, 0.2) is 0 Å². The number of rotatable bonds is 7. The van der Waals surface area contributed by atoms with Gasteiger partial charge >= 0.3 is 0 Å². The zero-order valence-corrected chi connectivity index (χ0v) is 16.4. The summed E-state index contributed by atoms with van der Waals surface area (Å²) in [6.07, 6.45) is 0. The van der Waals surface area contributed by atoms with Crippen molar-refractivity contribution in [3.63, 3.8) is 0 Å². The monoisotopic (exact) mass is 400 g/mol. The van der Waals surface area contributed by atoms with Crippen molar-refractivity contribution in [2.75, 3.05) is 0 Å². The Labute approximate surface area is 163 Å². The summed E-state index contributed by atoms with van der Waals surface area (Å²) < 4.78 is 28.9. The van der Waals surface area contributed by atoms with E-state index in [9.17, 15) is 13.2 Å². The Balaban J connectivity index is 1.88. The summed E-state index contributed by atoms with van der Waals surface area (Å²) in [4.78, 5) is 11.8. The van der Waals surface area contributed by atoms with Crippen LogP contribution in [0.15, 0.2) is 77.0 Å². The Morgan fingerprint density at radius 1 is 0.926 bits per heavy atom. The maximum Gasteiger partial charge on any atom is 0.250 e. The smallest absolute Gasteiger partial charge is 0.250 e. The molecule has 0 aliphatic rings. The predicted molar refractivity (Wildman–Crippen MR) is 107 cm³/mol. The van der Waals surface area contributed by atoms with Crippen LogP contribution >= 0.6 is 11.3 Å². The molecular weight excluding hydrogens is 380 g/mol. The van der Waals surface area contributed by atoms with Gasteiger partial charge in [0.25, 0.3) is 10.0 Å². The first-order valence-corrected chi connectivity index (χ1v) is 10.7. The highest BCUT2D eigenvalue weighted by atomic mass is 32.2. The van der Waals surface area contributed by atoms with Crippen LogP contribution in [0, 0.1) is 0 Å². The van der Waals surface area contributed by atoms with E-state index in [2.05, 4.69) is 10.0 Å². The van der Waals surface area contributed by atoms with E-state index in [1.54, 1.807) is 12.1 Å². The molecule has 0 unspecified atom stereocenters. The highest BCUT2D eigenvalue weighted by Gasteiger charge is 2.24. The van der Waals surface area contributed by atoms with Crippen molar-refractivity contribution >= 4 is 27.3 Å². The minimum Gasteiger partial charge on any atom is -0.351 e. The number of hydrogen-bond acceptors (Lipinski definition) is 4. The van der Waals surface area contributed by atoms with Gasteiger partial charge in [-0.2, -0.15) is 4.72 Å². The molecule has 2 aromatic carbocycles. The minimum absolute atomic E-state index is 0.154. The van der Waals surface area contributed by atoms with E-state index in [0.717, 1.165) is 27.3 Å². The van der Waals surface area contributed by atoms with Gasteiger partial charge in [-0.25, -0.2) is 8.42 Å². The van der Waals surface area contributed by atoms with Crippen LogP contribution < -0.4 is 10.0 Å². The van der Waals surface area contributed by atoms with Crippen LogP contribution in [0.4, 0.5) is 0 Å². The fourth-order valence-electron chi connectivity index (χ4n) is 2.64. The van der Waals surface area contributed by atoms with Crippen LogP contribution in [0.25, 0.3) is 0 Å². The van der Waals surface area contributed by atoms with Crippen molar-refractivity contribution in [2.45, 2.75) is 23.7 Å². The van der Waals surface area contributed by atoms with E-state index in [1.807, 2.05) is 60.7 Å². The van der Waals surface area contributed by atoms with Crippen LogP contribution in [-0.4, -0.2) is 14.3 Å². The van der Waals surface area contributed by atoms with Gasteiger partial charge in [0.05, 0.1) is 12.6 Å². The van der Waals surface area contributed by atoms with E-state index in [-0.39, 0.29) is 10.1 Å². The lowest BCUT2D eigenvalue weighted by Crippen LogP contribution is -2.29. The van der Waals surface area contributed by atoms with E-state index in [0.29, 0.717) is 6.54 Å². The standard InChI is InChI=1S/C20H20N2O3S2/c1-15(23)21-14-18-12-13-19(26-18)27(24,25)22-20(16-8-4-2-5-9-16)17-10-6-3-7-11-17/h2-13,20,22H,14H2,1H3,(H,21,23). The van der Waals surface area contributed by atoms with Gasteiger partial charge in [-0.05, 0) is 23.3 Å². The molecule has 140 valence electrons. The number of hydrogen-bond donors (Lipinski definition) is 2. The highest BCUT2D eigenvalue weighted by molar-refractivity contribution is 7.91. The molecule has 3 rings (SSSR count). The average Bonchev–Trinajstić information content (AvgIpc) is 3.16. The lowest BCUT2D eigenvalue weighted by molar-refractivity contribution is -0.119. The number of sulfonamides is 1. The van der Waals surface area contributed by atoms with Crippen LogP contribution in [-0.2, 0) is 21.4 Å². The van der Waals surface area contributed by atoms with Gasteiger partial charge in [0.1, 0.15) is 4.21 Å². The third-order valence-corrected chi connectivity index (χ3v) is 6.95. The van der Waals surface area contributed by atoms with E-state index < -0.39 is 16.1 Å². The Kier molecular flexibility index (Phi) is 6.05. The molecule has 7 heteroatoms. The number of carbonyl (C=O) groups is 1. The summed E-state index contributed by atoms with van der Waals surface area (Å²) in [5.74, 6) is -0.154. The molecule has 0 fully saturated rings. The van der Waals surface area contributed by atoms with Crippen molar-refractivity contribution in [3.8, 4) is 0 Å². The lowest BCUT2D eigenvalue weighted by atomic mass is 10.00. The Hall–Kier alpha value is -2.48. The van der Waals surface area contributed by atoms with Gasteiger partial charge in [0.2, 0.25) is 5.91 Å². The molecule has 0 aliphatic heterocycles. The molecule has 27 heavy (non-hydrogen) atoms. The number of thiophene rings is 1. The van der Waals surface area contributed by atoms with Crippen LogP contribution in [0.3, 0.4) is 0 Å². The van der Waals surface area contributed by atoms with Crippen molar-refractivity contribution < 1.29 is 13.2 Å². The maximum atomic E-state index is 13.0. The van der Waals surface area contributed by atoms with E-state index in [1.165, 1.54) is 6.92 Å². The van der Waals surface area contributed by atoms with Gasteiger partial charge < -0.3 is 5.32 Å². The van der Waals surface area contributed by atoms with E-state index >= 15 is 0 Å². The number of nitrogens with one attached hydrogen (secondary N) is 2. The highest BCUT2D eigenvalue weighted by Crippen LogP contribution is 2.27. The number of carbonyl (C=O) groups excluding carboxylic acids is 1. The maximum absolute atomic E-state index is 13.0. The third-order valence-electron chi connectivity index (χ3n) is 3.95. The Bertz CT molecular complexity index is 960. The molecule has 1 heterocycles. The second-order valence-corrected chi connectivity index (χ2v) is 9.12. The average molecular weight is 401 g/mol. The zero-order chi connectivity index (χ0) is 19.3. The second-order valence-electron chi connectivity index (χ2n) is 6.01. The minimum atomic E-state index is -3.72. The summed E-state index contributed by atoms with van der Waals surface area (Å²) in [5.41, 5.74) is 1.73. The molecule has 0 aliphatic carbocycles. The molecule has 2 N–H and O–H groups in total. The molecule has 0 bridgehead atoms. The van der Waals surface area contributed by atoms with Gasteiger partial charge in [-0.15, -0.1) is 11.3 Å². The van der Waals surface area contributed by atoms with E-state index in [4.69, 9.17) is 0 Å². The van der Waals surface area contributed by atoms with Crippen molar-refractivity contribution in [1.29, 1.82) is 0 Å². The van der Waals surface area contributed by atoms with Crippen molar-refractivity contribution in [3.05, 3.63) is 88.8 Å². The van der Waals surface area contributed by atoms with Crippen LogP contribution in [0.2, 0.25) is 0 Å². The molecule has 3 aromatic rings. The molecule has 0 saturated carbocycles. The largest absolute Gasteiger partial charge is 0.351 e. The summed E-state index contributed by atoms with van der Waals surface area (Å²) >= 11 is 1.15. The summed E-state index contributed by atoms with van der Waals surface area (Å²) in [5, 5.41) is 2.68. The normalized spacial score (nSPS) is 11.5. The molecule has 0 spiro atoms. The molecule has 0 radical (unpaired) electrons. The van der Waals surface area contributed by atoms with Crippen molar-refractivity contribution in [1.82, 2.24) is 10.0 Å². The molecule has 5 nitrogen and oxygen atoms in total. The van der Waals surface area contributed by atoms with Gasteiger partial charge in [-0.1, -0.05) is 60.7 Å². The molecule has 1 aromatic heterocycles. The lowest BCUT2D eigenvalue weighted by Gasteiger charge is -2.19. The first-order valence-electron chi connectivity index (χ1n) is 8.41.